The standard InChI is InChI=1S/C21H38O4/c1-16(2)11-7-5-6-8-12-20(18(22)23)13-9-10-14-21(20,19(24)25)15-17(3)4/h16-17H,5-15H2,1-4H3,(H,22,23)(H,24,25). The zero-order chi connectivity index (χ0) is 19.1. The van der Waals surface area contributed by atoms with E-state index in [2.05, 4.69) is 13.8 Å². The summed E-state index contributed by atoms with van der Waals surface area (Å²) in [6.07, 6.45) is 8.92. The van der Waals surface area contributed by atoms with Gasteiger partial charge in [0, 0.05) is 0 Å². The molecule has 1 fully saturated rings. The van der Waals surface area contributed by atoms with Crippen LogP contribution in [0.25, 0.3) is 0 Å². The second kappa shape index (κ2) is 9.59. The van der Waals surface area contributed by atoms with Crippen LogP contribution >= 0.6 is 0 Å². The van der Waals surface area contributed by atoms with Gasteiger partial charge < -0.3 is 10.2 Å². The molecule has 0 aliphatic heterocycles. The second-order valence-corrected chi connectivity index (χ2v) is 8.93. The molecule has 25 heavy (non-hydrogen) atoms. The van der Waals surface area contributed by atoms with E-state index in [1.807, 2.05) is 13.8 Å². The first kappa shape index (κ1) is 22.0. The van der Waals surface area contributed by atoms with Crippen LogP contribution in [0.5, 0.6) is 0 Å². The van der Waals surface area contributed by atoms with Gasteiger partial charge in [-0.2, -0.15) is 0 Å². The van der Waals surface area contributed by atoms with Crippen molar-refractivity contribution in [2.45, 2.75) is 98.3 Å². The Hall–Kier alpha value is -1.06. The summed E-state index contributed by atoms with van der Waals surface area (Å²) >= 11 is 0. The maximum absolute atomic E-state index is 12.3. The molecule has 1 saturated carbocycles. The van der Waals surface area contributed by atoms with E-state index in [0.29, 0.717) is 31.6 Å². The molecule has 0 heterocycles. The highest BCUT2D eigenvalue weighted by Crippen LogP contribution is 2.57. The fourth-order valence-electron chi connectivity index (χ4n) is 4.84. The fourth-order valence-corrected chi connectivity index (χ4v) is 4.84. The topological polar surface area (TPSA) is 74.6 Å². The summed E-state index contributed by atoms with van der Waals surface area (Å²) in [5.74, 6) is -0.908. The summed E-state index contributed by atoms with van der Waals surface area (Å²) in [7, 11) is 0. The first-order valence-electron chi connectivity index (χ1n) is 10.1. The van der Waals surface area contributed by atoms with E-state index >= 15 is 0 Å². The van der Waals surface area contributed by atoms with Gasteiger partial charge in [-0.15, -0.1) is 0 Å². The number of unbranched alkanes of at least 4 members (excludes halogenated alkanes) is 3. The lowest BCUT2D eigenvalue weighted by Crippen LogP contribution is -2.55. The maximum atomic E-state index is 12.3. The monoisotopic (exact) mass is 354 g/mol. The van der Waals surface area contributed by atoms with Gasteiger partial charge in [0.15, 0.2) is 0 Å². The third kappa shape index (κ3) is 5.21. The highest BCUT2D eigenvalue weighted by molar-refractivity contribution is 5.87. The molecular weight excluding hydrogens is 316 g/mol. The third-order valence-corrected chi connectivity index (χ3v) is 6.08. The molecule has 1 aliphatic rings. The summed E-state index contributed by atoms with van der Waals surface area (Å²) in [6, 6.07) is 0. The van der Waals surface area contributed by atoms with E-state index < -0.39 is 22.8 Å². The molecule has 0 aromatic heterocycles. The second-order valence-electron chi connectivity index (χ2n) is 8.93. The predicted octanol–water partition coefficient (Wildman–Crippen LogP) is 5.75. The van der Waals surface area contributed by atoms with Crippen molar-refractivity contribution in [2.75, 3.05) is 0 Å². The average Bonchev–Trinajstić information content (AvgIpc) is 2.50. The van der Waals surface area contributed by atoms with Crippen molar-refractivity contribution in [1.82, 2.24) is 0 Å². The molecule has 2 N–H and O–H groups in total. The lowest BCUT2D eigenvalue weighted by Gasteiger charge is -2.49. The molecule has 0 amide bonds. The van der Waals surface area contributed by atoms with Crippen molar-refractivity contribution in [1.29, 1.82) is 0 Å². The molecule has 4 nitrogen and oxygen atoms in total. The van der Waals surface area contributed by atoms with Gasteiger partial charge >= 0.3 is 11.9 Å². The summed E-state index contributed by atoms with van der Waals surface area (Å²) in [6.45, 7) is 8.43. The van der Waals surface area contributed by atoms with Crippen LogP contribution in [0.1, 0.15) is 98.3 Å². The Labute approximate surface area is 153 Å². The van der Waals surface area contributed by atoms with Gasteiger partial charge in [-0.3, -0.25) is 9.59 Å². The maximum Gasteiger partial charge on any atom is 0.310 e. The van der Waals surface area contributed by atoms with Crippen LogP contribution < -0.4 is 0 Å². The molecule has 2 unspecified atom stereocenters. The number of rotatable bonds is 11. The lowest BCUT2D eigenvalue weighted by molar-refractivity contribution is -0.183. The van der Waals surface area contributed by atoms with Crippen LogP contribution in [-0.4, -0.2) is 22.2 Å². The number of hydrogen-bond acceptors (Lipinski definition) is 2. The molecule has 2 atom stereocenters. The minimum absolute atomic E-state index is 0.180. The number of hydrogen-bond donors (Lipinski definition) is 2. The van der Waals surface area contributed by atoms with Crippen molar-refractivity contribution in [3.8, 4) is 0 Å². The Morgan fingerprint density at radius 3 is 1.80 bits per heavy atom. The molecule has 0 aromatic rings. The van der Waals surface area contributed by atoms with Gasteiger partial charge in [0.2, 0.25) is 0 Å². The molecule has 0 saturated heterocycles. The average molecular weight is 355 g/mol. The van der Waals surface area contributed by atoms with E-state index in [1.54, 1.807) is 0 Å². The van der Waals surface area contributed by atoms with Crippen LogP contribution in [0.4, 0.5) is 0 Å². The smallest absolute Gasteiger partial charge is 0.310 e. The van der Waals surface area contributed by atoms with Crippen molar-refractivity contribution < 1.29 is 19.8 Å². The first-order chi connectivity index (χ1) is 11.7. The van der Waals surface area contributed by atoms with Crippen molar-refractivity contribution in [3.05, 3.63) is 0 Å². The van der Waals surface area contributed by atoms with E-state index in [0.717, 1.165) is 32.1 Å². The van der Waals surface area contributed by atoms with Crippen molar-refractivity contribution in [3.63, 3.8) is 0 Å². The van der Waals surface area contributed by atoms with Gasteiger partial charge in [-0.1, -0.05) is 72.6 Å². The molecule has 146 valence electrons. The van der Waals surface area contributed by atoms with Crippen LogP contribution in [0.3, 0.4) is 0 Å². The SMILES string of the molecule is CC(C)CCCCCCC1(C(=O)O)CCCCC1(CC(C)C)C(=O)O. The van der Waals surface area contributed by atoms with Crippen LogP contribution in [0.15, 0.2) is 0 Å². The Bertz CT molecular complexity index is 443. The molecule has 0 spiro atoms. The van der Waals surface area contributed by atoms with E-state index in [-0.39, 0.29) is 5.92 Å². The van der Waals surface area contributed by atoms with Crippen LogP contribution in [0.2, 0.25) is 0 Å². The van der Waals surface area contributed by atoms with E-state index in [9.17, 15) is 19.8 Å². The lowest BCUT2D eigenvalue weighted by atomic mass is 9.51. The summed E-state index contributed by atoms with van der Waals surface area (Å²) in [4.78, 5) is 24.6. The third-order valence-electron chi connectivity index (χ3n) is 6.08. The largest absolute Gasteiger partial charge is 0.481 e. The number of carboxylic acid groups (broad SMARTS) is 2. The number of carbonyl (C=O) groups is 2. The van der Waals surface area contributed by atoms with E-state index in [4.69, 9.17) is 0 Å². The van der Waals surface area contributed by atoms with Gasteiger partial charge in [-0.25, -0.2) is 0 Å². The predicted molar refractivity (Wildman–Crippen MR) is 101 cm³/mol. The zero-order valence-corrected chi connectivity index (χ0v) is 16.6. The Balaban J connectivity index is 2.90. The van der Waals surface area contributed by atoms with Crippen LogP contribution in [-0.2, 0) is 9.59 Å². The highest BCUT2D eigenvalue weighted by atomic mass is 16.4. The van der Waals surface area contributed by atoms with Gasteiger partial charge in [0.25, 0.3) is 0 Å². The summed E-state index contributed by atoms with van der Waals surface area (Å²) < 4.78 is 0. The Morgan fingerprint density at radius 2 is 1.32 bits per heavy atom. The normalized spacial score (nSPS) is 27.0. The highest BCUT2D eigenvalue weighted by Gasteiger charge is 2.61. The molecule has 1 aliphatic carbocycles. The molecule has 0 aromatic carbocycles. The fraction of sp³-hybridized carbons (Fsp3) is 0.905. The minimum Gasteiger partial charge on any atom is -0.481 e. The first-order valence-corrected chi connectivity index (χ1v) is 10.1. The molecule has 0 radical (unpaired) electrons. The molecule has 4 heteroatoms. The van der Waals surface area contributed by atoms with Crippen LogP contribution in [0, 0.1) is 22.7 Å². The Kier molecular flexibility index (Phi) is 8.43. The molecular formula is C21H38O4. The quantitative estimate of drug-likeness (QED) is 0.464. The number of aliphatic carboxylic acids is 2. The van der Waals surface area contributed by atoms with Gasteiger partial charge in [0.1, 0.15) is 0 Å². The zero-order valence-electron chi connectivity index (χ0n) is 16.6. The van der Waals surface area contributed by atoms with Crippen molar-refractivity contribution in [2.24, 2.45) is 22.7 Å². The molecule has 0 bridgehead atoms. The van der Waals surface area contributed by atoms with Gasteiger partial charge in [0.05, 0.1) is 10.8 Å². The van der Waals surface area contributed by atoms with Gasteiger partial charge in [-0.05, 0) is 37.5 Å². The number of carboxylic acids is 2. The van der Waals surface area contributed by atoms with E-state index in [1.165, 1.54) is 12.8 Å². The summed E-state index contributed by atoms with van der Waals surface area (Å²) in [5.41, 5.74) is -2.21. The summed E-state index contributed by atoms with van der Waals surface area (Å²) in [5, 5.41) is 20.2. The Morgan fingerprint density at radius 1 is 0.800 bits per heavy atom. The minimum atomic E-state index is -1.11. The van der Waals surface area contributed by atoms with Crippen molar-refractivity contribution >= 4 is 11.9 Å². The molecule has 1 rings (SSSR count).